The van der Waals surface area contributed by atoms with Crippen molar-refractivity contribution in [2.45, 2.75) is 32.9 Å². The molecule has 1 amide bonds. The fourth-order valence-electron chi connectivity index (χ4n) is 3.99. The molecular weight excluding hydrogens is 345 g/mol. The van der Waals surface area contributed by atoms with E-state index in [1.54, 1.807) is 0 Å². The van der Waals surface area contributed by atoms with Crippen molar-refractivity contribution in [2.75, 3.05) is 52.5 Å². The Labute approximate surface area is 162 Å². The average Bonchev–Trinajstić information content (AvgIpc) is 2.87. The first kappa shape index (κ1) is 20.2. The van der Waals surface area contributed by atoms with E-state index in [0.29, 0.717) is 31.7 Å². The fourth-order valence-corrected chi connectivity index (χ4v) is 3.99. The predicted octanol–water partition coefficient (Wildman–Crippen LogP) is 2.22. The second kappa shape index (κ2) is 9.62. The van der Waals surface area contributed by atoms with Crippen LogP contribution in [0.15, 0.2) is 24.3 Å². The molecule has 27 heavy (non-hydrogen) atoms. The maximum absolute atomic E-state index is 13.2. The van der Waals surface area contributed by atoms with Crippen molar-refractivity contribution >= 4 is 5.91 Å². The number of rotatable bonds is 5. The van der Waals surface area contributed by atoms with E-state index in [1.807, 2.05) is 17.0 Å². The van der Waals surface area contributed by atoms with Crippen LogP contribution in [0.5, 0.6) is 0 Å². The summed E-state index contributed by atoms with van der Waals surface area (Å²) in [4.78, 5) is 19.6. The lowest BCUT2D eigenvalue weighted by molar-refractivity contribution is -0.134. The number of carbonyl (C=O) groups is 1. The van der Waals surface area contributed by atoms with E-state index in [-0.39, 0.29) is 11.7 Å². The van der Waals surface area contributed by atoms with Crippen molar-refractivity contribution in [3.8, 4) is 0 Å². The van der Waals surface area contributed by atoms with Crippen LogP contribution in [0.3, 0.4) is 0 Å². The van der Waals surface area contributed by atoms with Gasteiger partial charge in [0, 0.05) is 45.3 Å². The first-order chi connectivity index (χ1) is 13.0. The molecule has 2 heterocycles. The van der Waals surface area contributed by atoms with Crippen LogP contribution in [0, 0.1) is 11.7 Å². The molecule has 1 atom stereocenters. The molecule has 3 rings (SSSR count). The molecule has 2 fully saturated rings. The van der Waals surface area contributed by atoms with Crippen LogP contribution in [0.25, 0.3) is 0 Å². The highest BCUT2D eigenvalue weighted by molar-refractivity contribution is 5.78. The number of hydrogen-bond acceptors (Lipinski definition) is 4. The van der Waals surface area contributed by atoms with E-state index in [1.165, 1.54) is 12.1 Å². The smallest absolute Gasteiger partial charge is 0.236 e. The lowest BCUT2D eigenvalue weighted by Crippen LogP contribution is -2.49. The van der Waals surface area contributed by atoms with E-state index in [0.717, 1.165) is 51.3 Å². The number of nitrogens with zero attached hydrogens (tertiary/aromatic N) is 3. The molecule has 2 aliphatic rings. The summed E-state index contributed by atoms with van der Waals surface area (Å²) in [6.45, 7) is 11.4. The molecule has 0 aromatic heterocycles. The number of halogens is 1. The van der Waals surface area contributed by atoms with Crippen LogP contribution in [0.2, 0.25) is 0 Å². The number of morpholine rings is 1. The van der Waals surface area contributed by atoms with Gasteiger partial charge in [0.2, 0.25) is 5.91 Å². The van der Waals surface area contributed by atoms with Gasteiger partial charge in [0.05, 0.1) is 19.8 Å². The molecule has 1 aromatic carbocycles. The summed E-state index contributed by atoms with van der Waals surface area (Å²) in [5.74, 6) is 0.475. The van der Waals surface area contributed by atoms with Crippen molar-refractivity contribution in [2.24, 2.45) is 5.92 Å². The van der Waals surface area contributed by atoms with Gasteiger partial charge in [-0.05, 0) is 30.0 Å². The Morgan fingerprint density at radius 2 is 1.85 bits per heavy atom. The lowest BCUT2D eigenvalue weighted by atomic mass is 10.0. The number of hydrogen-bond donors (Lipinski definition) is 0. The predicted molar refractivity (Wildman–Crippen MR) is 104 cm³/mol. The third kappa shape index (κ3) is 5.74. The molecule has 2 aliphatic heterocycles. The molecule has 0 saturated carbocycles. The summed E-state index contributed by atoms with van der Waals surface area (Å²) in [6.07, 6.45) is 0.971. The number of ether oxygens (including phenoxy) is 1. The normalized spacial score (nSPS) is 22.8. The SMILES string of the molecule is CC(C)[C@@H]1CN(C(=O)CN2CCOCC2)CCCN1Cc1ccc(F)cc1. The van der Waals surface area contributed by atoms with Crippen LogP contribution < -0.4 is 0 Å². The maximum Gasteiger partial charge on any atom is 0.236 e. The zero-order chi connectivity index (χ0) is 19.2. The molecule has 150 valence electrons. The van der Waals surface area contributed by atoms with Gasteiger partial charge in [-0.2, -0.15) is 0 Å². The van der Waals surface area contributed by atoms with Gasteiger partial charge in [-0.25, -0.2) is 4.39 Å². The summed E-state index contributed by atoms with van der Waals surface area (Å²) in [5, 5.41) is 0. The van der Waals surface area contributed by atoms with Crippen molar-refractivity contribution < 1.29 is 13.9 Å². The quantitative estimate of drug-likeness (QED) is 0.788. The molecule has 0 radical (unpaired) electrons. The van der Waals surface area contributed by atoms with Crippen LogP contribution in [-0.4, -0.2) is 79.1 Å². The highest BCUT2D eigenvalue weighted by Gasteiger charge is 2.30. The highest BCUT2D eigenvalue weighted by Crippen LogP contribution is 2.20. The van der Waals surface area contributed by atoms with Crippen molar-refractivity contribution in [1.82, 2.24) is 14.7 Å². The molecule has 0 aliphatic carbocycles. The van der Waals surface area contributed by atoms with E-state index >= 15 is 0 Å². The summed E-state index contributed by atoms with van der Waals surface area (Å²) >= 11 is 0. The highest BCUT2D eigenvalue weighted by atomic mass is 19.1. The largest absolute Gasteiger partial charge is 0.379 e. The van der Waals surface area contributed by atoms with Gasteiger partial charge in [0.1, 0.15) is 5.82 Å². The molecule has 1 aromatic rings. The van der Waals surface area contributed by atoms with Gasteiger partial charge < -0.3 is 9.64 Å². The summed E-state index contributed by atoms with van der Waals surface area (Å²) < 4.78 is 18.6. The van der Waals surface area contributed by atoms with E-state index in [4.69, 9.17) is 4.74 Å². The molecule has 0 bridgehead atoms. The van der Waals surface area contributed by atoms with Crippen LogP contribution in [0.4, 0.5) is 4.39 Å². The second-order valence-corrected chi connectivity index (χ2v) is 7.99. The van der Waals surface area contributed by atoms with Crippen molar-refractivity contribution in [3.63, 3.8) is 0 Å². The lowest BCUT2D eigenvalue weighted by Gasteiger charge is -2.35. The second-order valence-electron chi connectivity index (χ2n) is 7.99. The van der Waals surface area contributed by atoms with E-state index in [2.05, 4.69) is 23.6 Å². The fraction of sp³-hybridized carbons (Fsp3) is 0.667. The number of benzene rings is 1. The average molecular weight is 378 g/mol. The van der Waals surface area contributed by atoms with Gasteiger partial charge in [-0.1, -0.05) is 26.0 Å². The topological polar surface area (TPSA) is 36.0 Å². The number of amides is 1. The minimum atomic E-state index is -0.199. The Morgan fingerprint density at radius 1 is 1.15 bits per heavy atom. The molecule has 6 heteroatoms. The van der Waals surface area contributed by atoms with Crippen LogP contribution in [0.1, 0.15) is 25.8 Å². The van der Waals surface area contributed by atoms with E-state index in [9.17, 15) is 9.18 Å². The van der Waals surface area contributed by atoms with E-state index < -0.39 is 0 Å². The maximum atomic E-state index is 13.2. The number of carbonyl (C=O) groups excluding carboxylic acids is 1. The Kier molecular flexibility index (Phi) is 7.21. The van der Waals surface area contributed by atoms with Gasteiger partial charge in [-0.15, -0.1) is 0 Å². The van der Waals surface area contributed by atoms with Gasteiger partial charge in [0.15, 0.2) is 0 Å². The Morgan fingerprint density at radius 3 is 2.52 bits per heavy atom. The molecule has 0 unspecified atom stereocenters. The van der Waals surface area contributed by atoms with Crippen molar-refractivity contribution in [3.05, 3.63) is 35.6 Å². The Bertz CT molecular complexity index is 602. The first-order valence-electron chi connectivity index (χ1n) is 10.1. The van der Waals surface area contributed by atoms with Gasteiger partial charge >= 0.3 is 0 Å². The molecule has 2 saturated heterocycles. The monoisotopic (exact) mass is 377 g/mol. The zero-order valence-corrected chi connectivity index (χ0v) is 16.6. The van der Waals surface area contributed by atoms with Crippen molar-refractivity contribution in [1.29, 1.82) is 0 Å². The zero-order valence-electron chi connectivity index (χ0n) is 16.6. The summed E-state index contributed by atoms with van der Waals surface area (Å²) in [6, 6.07) is 7.08. The van der Waals surface area contributed by atoms with Crippen LogP contribution >= 0.6 is 0 Å². The van der Waals surface area contributed by atoms with Gasteiger partial charge in [-0.3, -0.25) is 14.6 Å². The third-order valence-corrected chi connectivity index (χ3v) is 5.63. The van der Waals surface area contributed by atoms with Gasteiger partial charge in [0.25, 0.3) is 0 Å². The summed E-state index contributed by atoms with van der Waals surface area (Å²) in [5.41, 5.74) is 1.12. The third-order valence-electron chi connectivity index (χ3n) is 5.63. The standard InChI is InChI=1S/C21H32FN3O2/c1-17(2)20-15-25(21(26)16-23-10-12-27-13-11-23)9-3-8-24(20)14-18-4-6-19(22)7-5-18/h4-7,17,20H,3,8-16H2,1-2H3/t20-/m0/s1. The summed E-state index contributed by atoms with van der Waals surface area (Å²) in [7, 11) is 0. The Hall–Kier alpha value is -1.50. The molecule has 0 N–H and O–H groups in total. The van der Waals surface area contributed by atoms with Crippen LogP contribution in [-0.2, 0) is 16.1 Å². The first-order valence-corrected chi connectivity index (χ1v) is 10.1. The molecular formula is C21H32FN3O2. The molecule has 5 nitrogen and oxygen atoms in total. The minimum absolute atomic E-state index is 0.199. The molecule has 0 spiro atoms. The Balaban J connectivity index is 1.63. The minimum Gasteiger partial charge on any atom is -0.379 e.